The van der Waals surface area contributed by atoms with E-state index in [-0.39, 0.29) is 23.9 Å². The number of hydrazone groups is 1. The van der Waals surface area contributed by atoms with Gasteiger partial charge < -0.3 is 9.55 Å². The topological polar surface area (TPSA) is 136 Å². The first-order valence-electron chi connectivity index (χ1n) is 12.3. The maximum absolute atomic E-state index is 13.4. The molecule has 5 heterocycles. The van der Waals surface area contributed by atoms with Crippen molar-refractivity contribution >= 4 is 23.2 Å². The first kappa shape index (κ1) is 23.2. The lowest BCUT2D eigenvalue weighted by Gasteiger charge is -2.15. The van der Waals surface area contributed by atoms with Gasteiger partial charge in [-0.1, -0.05) is 35.9 Å². The van der Waals surface area contributed by atoms with Crippen LogP contribution in [0.3, 0.4) is 0 Å². The zero-order chi connectivity index (χ0) is 26.5. The molecule has 192 valence electrons. The number of H-pyrrole nitrogens is 1. The van der Waals surface area contributed by atoms with Crippen LogP contribution in [0.1, 0.15) is 36.0 Å². The minimum Gasteiger partial charge on any atom is -0.340 e. The third-order valence-corrected chi connectivity index (χ3v) is 7.32. The molecule has 7 rings (SSSR count). The molecule has 0 bridgehead atoms. The highest BCUT2D eigenvalue weighted by molar-refractivity contribution is 6.31. The number of rotatable bonds is 5. The number of nitrogens with zero attached hydrogens (tertiary/aromatic N) is 7. The lowest BCUT2D eigenvalue weighted by atomic mass is 10.0. The Morgan fingerprint density at radius 2 is 1.82 bits per heavy atom. The third kappa shape index (κ3) is 4.12. The highest BCUT2D eigenvalue weighted by atomic mass is 35.5. The molecular weight excluding hydrogens is 518 g/mol. The maximum atomic E-state index is 13.4. The van der Waals surface area contributed by atoms with Crippen LogP contribution >= 0.6 is 11.6 Å². The molecule has 0 saturated carbocycles. The van der Waals surface area contributed by atoms with E-state index in [1.165, 1.54) is 6.33 Å². The monoisotopic (exact) mass is 537 g/mol. The number of fused-ring (bicyclic) bond motifs is 1. The Morgan fingerprint density at radius 1 is 0.974 bits per heavy atom. The first-order chi connectivity index (χ1) is 19.0. The van der Waals surface area contributed by atoms with Gasteiger partial charge in [-0.2, -0.15) is 9.78 Å². The Morgan fingerprint density at radius 3 is 2.59 bits per heavy atom. The standard InChI is InChI=1S/C27H20ClN9O2/c28-18-5-7-23(36-14-30-34-35-36)20(11-18)17-9-19-6-8-24(37(19)26(39)10-17)27-29-13-22(31-27)16-3-1-15(2-4-16)21-12-25(38)33-32-21/h1-5,7,9-11,13-14,24H,6,8,12H2,(H,29,31)(H,33,38)/t24-/m0/s1. The zero-order valence-corrected chi connectivity index (χ0v) is 21.1. The van der Waals surface area contributed by atoms with Crippen LogP contribution in [-0.4, -0.2) is 46.4 Å². The van der Waals surface area contributed by atoms with Gasteiger partial charge in [0, 0.05) is 22.3 Å². The molecule has 5 aromatic rings. The van der Waals surface area contributed by atoms with E-state index in [2.05, 4.69) is 36.0 Å². The fraction of sp³-hybridized carbons (Fsp3) is 0.148. The molecule has 11 nitrogen and oxygen atoms in total. The normalized spacial score (nSPS) is 16.3. The van der Waals surface area contributed by atoms with E-state index in [0.717, 1.165) is 63.7 Å². The molecule has 0 unspecified atom stereocenters. The van der Waals surface area contributed by atoms with Crippen molar-refractivity contribution in [2.45, 2.75) is 25.3 Å². The van der Waals surface area contributed by atoms with E-state index < -0.39 is 0 Å². The molecule has 2 N–H and O–H groups in total. The van der Waals surface area contributed by atoms with Gasteiger partial charge in [-0.3, -0.25) is 9.59 Å². The summed E-state index contributed by atoms with van der Waals surface area (Å²) in [6.45, 7) is 0. The summed E-state index contributed by atoms with van der Waals surface area (Å²) in [6, 6.07) is 16.7. The van der Waals surface area contributed by atoms with E-state index in [1.54, 1.807) is 27.6 Å². The van der Waals surface area contributed by atoms with Gasteiger partial charge in [-0.25, -0.2) is 10.4 Å². The molecule has 39 heavy (non-hydrogen) atoms. The molecule has 1 amide bonds. The van der Waals surface area contributed by atoms with Crippen LogP contribution in [0.25, 0.3) is 28.1 Å². The van der Waals surface area contributed by atoms with Gasteiger partial charge in [0.1, 0.15) is 12.2 Å². The fourth-order valence-electron chi connectivity index (χ4n) is 5.24. The smallest absolute Gasteiger partial charge is 0.252 e. The molecule has 1 atom stereocenters. The van der Waals surface area contributed by atoms with Crippen molar-refractivity contribution in [2.24, 2.45) is 5.10 Å². The number of imidazole rings is 1. The lowest BCUT2D eigenvalue weighted by molar-refractivity contribution is -0.119. The lowest BCUT2D eigenvalue weighted by Crippen LogP contribution is -2.23. The second kappa shape index (κ2) is 9.14. The maximum Gasteiger partial charge on any atom is 0.252 e. The molecule has 0 spiro atoms. The molecule has 0 radical (unpaired) electrons. The van der Waals surface area contributed by atoms with Gasteiger partial charge in [0.05, 0.1) is 35.8 Å². The van der Waals surface area contributed by atoms with Crippen LogP contribution in [0.2, 0.25) is 5.02 Å². The van der Waals surface area contributed by atoms with Crippen molar-refractivity contribution in [3.05, 3.63) is 99.6 Å². The Balaban J connectivity index is 1.19. The molecule has 3 aromatic heterocycles. The molecule has 0 aliphatic carbocycles. The van der Waals surface area contributed by atoms with Gasteiger partial charge >= 0.3 is 0 Å². The highest BCUT2D eigenvalue weighted by Gasteiger charge is 2.28. The Hall–Kier alpha value is -4.90. The fourth-order valence-corrected chi connectivity index (χ4v) is 5.41. The van der Waals surface area contributed by atoms with Gasteiger partial charge in [-0.05, 0) is 64.2 Å². The number of pyridine rings is 1. The van der Waals surface area contributed by atoms with E-state index in [1.807, 2.05) is 42.5 Å². The third-order valence-electron chi connectivity index (χ3n) is 7.08. The van der Waals surface area contributed by atoms with Crippen LogP contribution in [0.4, 0.5) is 0 Å². The average Bonchev–Trinajstić information content (AvgIpc) is 3.76. The van der Waals surface area contributed by atoms with Crippen LogP contribution in [0, 0.1) is 0 Å². The van der Waals surface area contributed by atoms with Gasteiger partial charge in [0.25, 0.3) is 5.56 Å². The number of aryl methyl sites for hydroxylation is 1. The highest BCUT2D eigenvalue weighted by Crippen LogP contribution is 2.34. The molecule has 12 heteroatoms. The molecule has 0 fully saturated rings. The van der Waals surface area contributed by atoms with Crippen LogP contribution < -0.4 is 11.0 Å². The predicted molar refractivity (Wildman–Crippen MR) is 144 cm³/mol. The number of aromatic nitrogens is 7. The zero-order valence-electron chi connectivity index (χ0n) is 20.4. The summed E-state index contributed by atoms with van der Waals surface area (Å²) in [4.78, 5) is 32.9. The summed E-state index contributed by atoms with van der Waals surface area (Å²) in [6.07, 6.45) is 5.05. The largest absolute Gasteiger partial charge is 0.340 e. The average molecular weight is 538 g/mol. The summed E-state index contributed by atoms with van der Waals surface area (Å²) in [7, 11) is 0. The number of aromatic amines is 1. The van der Waals surface area contributed by atoms with Crippen molar-refractivity contribution < 1.29 is 4.79 Å². The van der Waals surface area contributed by atoms with Gasteiger partial charge in [0.15, 0.2) is 0 Å². The van der Waals surface area contributed by atoms with Gasteiger partial charge in [-0.15, -0.1) is 5.10 Å². The molecule has 2 aliphatic rings. The second-order valence-corrected chi connectivity index (χ2v) is 9.88. The van der Waals surface area contributed by atoms with Crippen molar-refractivity contribution in [1.82, 2.24) is 40.2 Å². The number of carbonyl (C=O) groups is 1. The Bertz CT molecular complexity index is 1820. The SMILES string of the molecule is O=C1CC(c2ccc(-c3cnc([C@@H]4CCc5cc(-c6cc(Cl)ccc6-n6cnnn6)cc(=O)n54)[nH]3)cc2)=NN1. The summed E-state index contributed by atoms with van der Waals surface area (Å²) < 4.78 is 3.35. The van der Waals surface area contributed by atoms with Crippen LogP contribution in [0.5, 0.6) is 0 Å². The summed E-state index contributed by atoms with van der Waals surface area (Å²) >= 11 is 6.31. The Kier molecular flexibility index (Phi) is 5.44. The summed E-state index contributed by atoms with van der Waals surface area (Å²) in [5.74, 6) is 0.627. The van der Waals surface area contributed by atoms with Crippen molar-refractivity contribution in [3.63, 3.8) is 0 Å². The summed E-state index contributed by atoms with van der Waals surface area (Å²) in [5.41, 5.74) is 8.96. The minimum atomic E-state index is -0.196. The minimum absolute atomic E-state index is 0.105. The Labute approximate surface area is 226 Å². The van der Waals surface area contributed by atoms with E-state index in [9.17, 15) is 9.59 Å². The molecule has 2 aliphatic heterocycles. The number of nitrogens with one attached hydrogen (secondary N) is 2. The first-order valence-corrected chi connectivity index (χ1v) is 12.7. The van der Waals surface area contributed by atoms with Crippen molar-refractivity contribution in [1.29, 1.82) is 0 Å². The number of halogens is 1. The second-order valence-electron chi connectivity index (χ2n) is 9.44. The van der Waals surface area contributed by atoms with Crippen molar-refractivity contribution in [3.8, 4) is 28.1 Å². The number of amides is 1. The van der Waals surface area contributed by atoms with E-state index in [4.69, 9.17) is 11.6 Å². The summed E-state index contributed by atoms with van der Waals surface area (Å²) in [5, 5.41) is 16.1. The predicted octanol–water partition coefficient (Wildman–Crippen LogP) is 3.29. The number of hydrogen-bond acceptors (Lipinski definition) is 7. The quantitative estimate of drug-likeness (QED) is 0.353. The number of benzene rings is 2. The van der Waals surface area contributed by atoms with E-state index >= 15 is 0 Å². The number of hydrogen-bond donors (Lipinski definition) is 2. The number of carbonyl (C=O) groups excluding carboxylic acids is 1. The number of tetrazole rings is 1. The van der Waals surface area contributed by atoms with Gasteiger partial charge in [0.2, 0.25) is 5.91 Å². The van der Waals surface area contributed by atoms with Crippen molar-refractivity contribution in [2.75, 3.05) is 0 Å². The molecule has 0 saturated heterocycles. The molecule has 2 aromatic carbocycles. The van der Waals surface area contributed by atoms with Crippen LogP contribution in [0.15, 0.2) is 77.0 Å². The molecular formula is C27H20ClN9O2. The van der Waals surface area contributed by atoms with Crippen LogP contribution in [-0.2, 0) is 11.2 Å². The van der Waals surface area contributed by atoms with E-state index in [0.29, 0.717) is 5.02 Å².